The van der Waals surface area contributed by atoms with Crippen LogP contribution in [-0.4, -0.2) is 35.4 Å². The summed E-state index contributed by atoms with van der Waals surface area (Å²) >= 11 is 1.63. The molecule has 5 nitrogen and oxygen atoms in total. The first-order valence-electron chi connectivity index (χ1n) is 6.93. The molecule has 2 bridgehead atoms. The van der Waals surface area contributed by atoms with Crippen molar-refractivity contribution in [3.05, 3.63) is 24.3 Å². The Hall–Kier alpha value is -1.53. The van der Waals surface area contributed by atoms with E-state index in [1.165, 1.54) is 0 Å². The number of benzene rings is 1. The van der Waals surface area contributed by atoms with Crippen LogP contribution in [-0.2, 0) is 14.3 Å². The SMILES string of the molecule is CSc1ccc(NC(=O)C2C(C(=O)O)[C@@H]3CC[C@H]2O3)cc1. The van der Waals surface area contributed by atoms with Gasteiger partial charge in [-0.05, 0) is 43.4 Å². The van der Waals surface area contributed by atoms with Crippen molar-refractivity contribution in [2.45, 2.75) is 29.9 Å². The van der Waals surface area contributed by atoms with Crippen LogP contribution in [0.2, 0.25) is 0 Å². The first-order valence-corrected chi connectivity index (χ1v) is 8.16. The zero-order valence-corrected chi connectivity index (χ0v) is 12.4. The molecule has 0 aromatic heterocycles. The van der Waals surface area contributed by atoms with Gasteiger partial charge < -0.3 is 15.2 Å². The predicted molar refractivity (Wildman–Crippen MR) is 79.4 cm³/mol. The number of nitrogens with one attached hydrogen (secondary N) is 1. The van der Waals surface area contributed by atoms with E-state index in [2.05, 4.69) is 5.32 Å². The van der Waals surface area contributed by atoms with Crippen LogP contribution in [0.4, 0.5) is 5.69 Å². The number of carbonyl (C=O) groups is 2. The van der Waals surface area contributed by atoms with Gasteiger partial charge in [-0.25, -0.2) is 0 Å². The summed E-state index contributed by atoms with van der Waals surface area (Å²) in [7, 11) is 0. The molecule has 0 aliphatic carbocycles. The van der Waals surface area contributed by atoms with Crippen LogP contribution in [0, 0.1) is 11.8 Å². The molecular weight excluding hydrogens is 290 g/mol. The predicted octanol–water partition coefficient (Wildman–Crippen LogP) is 2.23. The molecule has 2 aliphatic rings. The molecule has 0 saturated carbocycles. The quantitative estimate of drug-likeness (QED) is 0.834. The molecule has 2 fully saturated rings. The monoisotopic (exact) mass is 307 g/mol. The number of hydrogen-bond acceptors (Lipinski definition) is 4. The summed E-state index contributed by atoms with van der Waals surface area (Å²) < 4.78 is 5.61. The highest BCUT2D eigenvalue weighted by atomic mass is 32.2. The summed E-state index contributed by atoms with van der Waals surface area (Å²) in [6.07, 6.45) is 2.90. The summed E-state index contributed by atoms with van der Waals surface area (Å²) in [6.45, 7) is 0. The fourth-order valence-corrected chi connectivity index (χ4v) is 3.63. The molecule has 4 atom stereocenters. The Morgan fingerprint density at radius 2 is 1.81 bits per heavy atom. The number of hydrogen-bond donors (Lipinski definition) is 2. The Kier molecular flexibility index (Phi) is 3.91. The zero-order valence-electron chi connectivity index (χ0n) is 11.6. The maximum atomic E-state index is 12.4. The summed E-state index contributed by atoms with van der Waals surface area (Å²) in [5, 5.41) is 12.1. The van der Waals surface area contributed by atoms with Gasteiger partial charge in [0.15, 0.2) is 0 Å². The number of anilines is 1. The van der Waals surface area contributed by atoms with Crippen molar-refractivity contribution in [2.24, 2.45) is 11.8 Å². The third-order valence-corrected chi connectivity index (χ3v) is 4.96. The molecule has 3 rings (SSSR count). The van der Waals surface area contributed by atoms with Crippen LogP contribution in [0.25, 0.3) is 0 Å². The number of carbonyl (C=O) groups excluding carboxylic acids is 1. The second-order valence-corrected chi connectivity index (χ2v) is 6.28. The van der Waals surface area contributed by atoms with E-state index in [0.29, 0.717) is 5.69 Å². The van der Waals surface area contributed by atoms with Crippen LogP contribution in [0.15, 0.2) is 29.2 Å². The van der Waals surface area contributed by atoms with E-state index in [9.17, 15) is 14.7 Å². The molecule has 1 aromatic rings. The van der Waals surface area contributed by atoms with E-state index >= 15 is 0 Å². The molecule has 2 aliphatic heterocycles. The van der Waals surface area contributed by atoms with E-state index in [1.54, 1.807) is 11.8 Å². The van der Waals surface area contributed by atoms with Gasteiger partial charge >= 0.3 is 5.97 Å². The number of amides is 1. The van der Waals surface area contributed by atoms with E-state index in [4.69, 9.17) is 4.74 Å². The van der Waals surface area contributed by atoms with Crippen molar-refractivity contribution in [3.63, 3.8) is 0 Å². The smallest absolute Gasteiger partial charge is 0.310 e. The van der Waals surface area contributed by atoms with Crippen molar-refractivity contribution in [1.82, 2.24) is 0 Å². The Labute approximate surface area is 127 Å². The van der Waals surface area contributed by atoms with Gasteiger partial charge in [0, 0.05) is 10.6 Å². The molecule has 0 radical (unpaired) electrons. The molecule has 112 valence electrons. The van der Waals surface area contributed by atoms with Gasteiger partial charge in [-0.15, -0.1) is 11.8 Å². The van der Waals surface area contributed by atoms with Crippen LogP contribution >= 0.6 is 11.8 Å². The standard InChI is InChI=1S/C15H17NO4S/c1-21-9-4-2-8(3-5-9)16-14(17)12-10-6-7-11(20-10)13(12)15(18)19/h2-5,10-13H,6-7H2,1H3,(H,16,17)(H,18,19)/t10-,11+,12?,13?/m1/s1. The minimum Gasteiger partial charge on any atom is -0.481 e. The van der Waals surface area contributed by atoms with Crippen molar-refractivity contribution in [3.8, 4) is 0 Å². The third kappa shape index (κ3) is 2.65. The van der Waals surface area contributed by atoms with Crippen LogP contribution < -0.4 is 5.32 Å². The number of thioether (sulfide) groups is 1. The van der Waals surface area contributed by atoms with E-state index in [1.807, 2.05) is 30.5 Å². The average molecular weight is 307 g/mol. The van der Waals surface area contributed by atoms with Gasteiger partial charge in [0.1, 0.15) is 0 Å². The fourth-order valence-electron chi connectivity index (χ4n) is 3.22. The van der Waals surface area contributed by atoms with Crippen LogP contribution in [0.1, 0.15) is 12.8 Å². The number of rotatable bonds is 4. The normalized spacial score (nSPS) is 30.3. The zero-order chi connectivity index (χ0) is 15.0. The van der Waals surface area contributed by atoms with Gasteiger partial charge in [-0.3, -0.25) is 9.59 Å². The summed E-state index contributed by atoms with van der Waals surface area (Å²) in [5.41, 5.74) is 0.685. The van der Waals surface area contributed by atoms with Crippen molar-refractivity contribution in [1.29, 1.82) is 0 Å². The molecule has 21 heavy (non-hydrogen) atoms. The molecule has 1 amide bonds. The first-order chi connectivity index (χ1) is 10.1. The van der Waals surface area contributed by atoms with Crippen molar-refractivity contribution < 1.29 is 19.4 Å². The Bertz CT molecular complexity index is 559. The average Bonchev–Trinajstić information content (AvgIpc) is 3.08. The minimum atomic E-state index is -0.944. The lowest BCUT2D eigenvalue weighted by atomic mass is 9.78. The van der Waals surface area contributed by atoms with Gasteiger partial charge in [0.25, 0.3) is 0 Å². The Morgan fingerprint density at radius 3 is 2.38 bits per heavy atom. The van der Waals surface area contributed by atoms with Crippen LogP contribution in [0.3, 0.4) is 0 Å². The van der Waals surface area contributed by atoms with Gasteiger partial charge in [-0.2, -0.15) is 0 Å². The lowest BCUT2D eigenvalue weighted by molar-refractivity contribution is -0.147. The second-order valence-electron chi connectivity index (χ2n) is 5.40. The molecule has 1 aromatic carbocycles. The lowest BCUT2D eigenvalue weighted by Gasteiger charge is -2.23. The summed E-state index contributed by atoms with van der Waals surface area (Å²) in [6, 6.07) is 7.50. The maximum Gasteiger partial charge on any atom is 0.310 e. The highest BCUT2D eigenvalue weighted by Crippen LogP contribution is 2.44. The van der Waals surface area contributed by atoms with Gasteiger partial charge in [0.05, 0.1) is 24.0 Å². The first kappa shape index (κ1) is 14.4. The highest BCUT2D eigenvalue weighted by molar-refractivity contribution is 7.98. The van der Waals surface area contributed by atoms with E-state index in [0.717, 1.165) is 17.7 Å². The second kappa shape index (κ2) is 5.69. The summed E-state index contributed by atoms with van der Waals surface area (Å²) in [4.78, 5) is 24.9. The van der Waals surface area contributed by atoms with Gasteiger partial charge in [-0.1, -0.05) is 0 Å². The number of fused-ring (bicyclic) bond motifs is 2. The summed E-state index contributed by atoms with van der Waals surface area (Å²) in [5.74, 6) is -2.53. The fraction of sp³-hybridized carbons (Fsp3) is 0.467. The van der Waals surface area contributed by atoms with Crippen molar-refractivity contribution >= 4 is 29.3 Å². The Balaban J connectivity index is 1.73. The third-order valence-electron chi connectivity index (χ3n) is 4.22. The largest absolute Gasteiger partial charge is 0.481 e. The molecule has 2 N–H and O–H groups in total. The Morgan fingerprint density at radius 1 is 1.19 bits per heavy atom. The number of aliphatic carboxylic acids is 1. The van der Waals surface area contributed by atoms with Crippen LogP contribution in [0.5, 0.6) is 0 Å². The lowest BCUT2D eigenvalue weighted by Crippen LogP contribution is -2.40. The number of ether oxygens (including phenoxy) is 1. The maximum absolute atomic E-state index is 12.4. The number of carboxylic acids is 1. The molecule has 0 spiro atoms. The molecule has 2 heterocycles. The molecule has 2 unspecified atom stereocenters. The van der Waals surface area contributed by atoms with E-state index in [-0.39, 0.29) is 18.1 Å². The topological polar surface area (TPSA) is 75.6 Å². The molecule has 6 heteroatoms. The highest BCUT2D eigenvalue weighted by Gasteiger charge is 2.55. The van der Waals surface area contributed by atoms with E-state index < -0.39 is 17.8 Å². The molecule has 2 saturated heterocycles. The van der Waals surface area contributed by atoms with Crippen molar-refractivity contribution in [2.75, 3.05) is 11.6 Å². The molecular formula is C15H17NO4S. The number of carboxylic acid groups (broad SMARTS) is 1. The van der Waals surface area contributed by atoms with Gasteiger partial charge in [0.2, 0.25) is 5.91 Å². The minimum absolute atomic E-state index is 0.258.